The summed E-state index contributed by atoms with van der Waals surface area (Å²) in [6.07, 6.45) is 3.32. The lowest BCUT2D eigenvalue weighted by Gasteiger charge is -2.32. The molecule has 22 heavy (non-hydrogen) atoms. The van der Waals surface area contributed by atoms with E-state index in [4.69, 9.17) is 0 Å². The van der Waals surface area contributed by atoms with Crippen molar-refractivity contribution in [2.24, 2.45) is 0 Å². The van der Waals surface area contributed by atoms with Crippen LogP contribution in [0.4, 0.5) is 0 Å². The minimum atomic E-state index is -0.0465. The van der Waals surface area contributed by atoms with Gasteiger partial charge < -0.3 is 15.2 Å². The number of benzene rings is 1. The fraction of sp³-hybridized carbons (Fsp3) is 0.294. The molecule has 5 heteroatoms. The lowest BCUT2D eigenvalue weighted by atomic mass is 10.0. The van der Waals surface area contributed by atoms with Crippen molar-refractivity contribution < 1.29 is 9.59 Å². The molecular formula is C17H19N3O2. The Labute approximate surface area is 129 Å². The van der Waals surface area contributed by atoms with Crippen molar-refractivity contribution in [1.82, 2.24) is 15.2 Å². The Kier molecular flexibility index (Phi) is 4.23. The van der Waals surface area contributed by atoms with Gasteiger partial charge in [-0.1, -0.05) is 18.2 Å². The zero-order valence-electron chi connectivity index (χ0n) is 12.3. The van der Waals surface area contributed by atoms with E-state index in [2.05, 4.69) is 10.3 Å². The molecule has 0 spiro atoms. The van der Waals surface area contributed by atoms with Gasteiger partial charge in [0.05, 0.1) is 0 Å². The van der Waals surface area contributed by atoms with E-state index >= 15 is 0 Å². The molecule has 0 unspecified atom stereocenters. The second-order valence-corrected chi connectivity index (χ2v) is 5.49. The number of piperidine rings is 1. The fourth-order valence-corrected chi connectivity index (χ4v) is 2.72. The number of amides is 2. The third kappa shape index (κ3) is 3.19. The number of aromatic amines is 1. The second kappa shape index (κ2) is 6.47. The highest BCUT2D eigenvalue weighted by atomic mass is 16.2. The van der Waals surface area contributed by atoms with E-state index in [0.29, 0.717) is 24.3 Å². The standard InChI is InChI=1S/C17H19N3O2/c21-16(13-5-2-1-3-6-13)19-14-8-11-20(12-9-14)17(22)15-7-4-10-18-15/h1-7,10,14,18H,8-9,11-12H2,(H,19,21). The van der Waals surface area contributed by atoms with Crippen LogP contribution in [0.3, 0.4) is 0 Å². The van der Waals surface area contributed by atoms with Crippen LogP contribution in [0.25, 0.3) is 0 Å². The number of likely N-dealkylation sites (tertiary alicyclic amines) is 1. The van der Waals surface area contributed by atoms with Crippen molar-refractivity contribution >= 4 is 11.8 Å². The monoisotopic (exact) mass is 297 g/mol. The first-order valence-electron chi connectivity index (χ1n) is 7.52. The van der Waals surface area contributed by atoms with Crippen molar-refractivity contribution in [1.29, 1.82) is 0 Å². The molecule has 1 saturated heterocycles. The van der Waals surface area contributed by atoms with Crippen molar-refractivity contribution in [2.45, 2.75) is 18.9 Å². The molecule has 0 aliphatic carbocycles. The number of carbonyl (C=O) groups excluding carboxylic acids is 2. The highest BCUT2D eigenvalue weighted by Gasteiger charge is 2.25. The van der Waals surface area contributed by atoms with Gasteiger partial charge in [0.1, 0.15) is 5.69 Å². The number of aromatic nitrogens is 1. The predicted molar refractivity (Wildman–Crippen MR) is 83.6 cm³/mol. The first-order valence-corrected chi connectivity index (χ1v) is 7.52. The highest BCUT2D eigenvalue weighted by Crippen LogP contribution is 2.14. The van der Waals surface area contributed by atoms with Gasteiger partial charge in [-0.15, -0.1) is 0 Å². The molecule has 2 amide bonds. The molecule has 3 rings (SSSR count). The zero-order chi connectivity index (χ0) is 15.4. The van der Waals surface area contributed by atoms with E-state index in [9.17, 15) is 9.59 Å². The molecule has 1 aliphatic rings. The molecule has 1 aromatic carbocycles. The Hall–Kier alpha value is -2.56. The summed E-state index contributed by atoms with van der Waals surface area (Å²) < 4.78 is 0. The maximum Gasteiger partial charge on any atom is 0.270 e. The lowest BCUT2D eigenvalue weighted by molar-refractivity contribution is 0.0693. The molecule has 5 nitrogen and oxygen atoms in total. The number of nitrogens with zero attached hydrogens (tertiary/aromatic N) is 1. The van der Waals surface area contributed by atoms with Crippen LogP contribution in [0.15, 0.2) is 48.7 Å². The van der Waals surface area contributed by atoms with Crippen molar-refractivity contribution in [2.75, 3.05) is 13.1 Å². The van der Waals surface area contributed by atoms with Crippen molar-refractivity contribution in [3.63, 3.8) is 0 Å². The Morgan fingerprint density at radius 3 is 2.41 bits per heavy atom. The lowest BCUT2D eigenvalue weighted by Crippen LogP contribution is -2.46. The van der Waals surface area contributed by atoms with E-state index < -0.39 is 0 Å². The van der Waals surface area contributed by atoms with Crippen LogP contribution in [-0.4, -0.2) is 40.8 Å². The minimum absolute atomic E-state index is 0.0258. The van der Waals surface area contributed by atoms with E-state index in [1.54, 1.807) is 24.4 Å². The molecule has 0 saturated carbocycles. The Balaban J connectivity index is 1.52. The average Bonchev–Trinajstić information content (AvgIpc) is 3.10. The van der Waals surface area contributed by atoms with E-state index in [1.807, 2.05) is 29.2 Å². The van der Waals surface area contributed by atoms with E-state index in [1.165, 1.54) is 0 Å². The van der Waals surface area contributed by atoms with Crippen LogP contribution in [0.1, 0.15) is 33.7 Å². The van der Waals surface area contributed by atoms with Crippen molar-refractivity contribution in [3.05, 3.63) is 59.9 Å². The van der Waals surface area contributed by atoms with Crippen molar-refractivity contribution in [3.8, 4) is 0 Å². The second-order valence-electron chi connectivity index (χ2n) is 5.49. The summed E-state index contributed by atoms with van der Waals surface area (Å²) in [5.74, 6) is -0.0208. The zero-order valence-corrected chi connectivity index (χ0v) is 12.3. The summed E-state index contributed by atoms with van der Waals surface area (Å²) in [7, 11) is 0. The van der Waals surface area contributed by atoms with Crippen LogP contribution in [-0.2, 0) is 0 Å². The summed E-state index contributed by atoms with van der Waals surface area (Å²) in [5.41, 5.74) is 1.29. The first kappa shape index (κ1) is 14.4. The van der Waals surface area contributed by atoms with E-state index in [0.717, 1.165) is 12.8 Å². The highest BCUT2D eigenvalue weighted by molar-refractivity contribution is 5.94. The molecule has 2 heterocycles. The smallest absolute Gasteiger partial charge is 0.270 e. The van der Waals surface area contributed by atoms with E-state index in [-0.39, 0.29) is 17.9 Å². The molecule has 0 radical (unpaired) electrons. The average molecular weight is 297 g/mol. The van der Waals surface area contributed by atoms with Crippen LogP contribution in [0.2, 0.25) is 0 Å². The maximum absolute atomic E-state index is 12.2. The molecule has 1 fully saturated rings. The third-order valence-corrected chi connectivity index (χ3v) is 3.98. The quantitative estimate of drug-likeness (QED) is 0.910. The SMILES string of the molecule is O=C(NC1CCN(C(=O)c2ccc[nH]2)CC1)c1ccccc1. The largest absolute Gasteiger partial charge is 0.357 e. The predicted octanol–water partition coefficient (Wildman–Crippen LogP) is 2.05. The Morgan fingerprint density at radius 1 is 1.05 bits per heavy atom. The third-order valence-electron chi connectivity index (χ3n) is 3.98. The van der Waals surface area contributed by atoms with Gasteiger partial charge in [-0.3, -0.25) is 9.59 Å². The molecule has 114 valence electrons. The number of H-pyrrole nitrogens is 1. The molecule has 0 bridgehead atoms. The van der Waals surface area contributed by atoms with Gasteiger partial charge in [-0.25, -0.2) is 0 Å². The Bertz CT molecular complexity index is 629. The summed E-state index contributed by atoms with van der Waals surface area (Å²) in [4.78, 5) is 29.1. The van der Waals surface area contributed by atoms with Gasteiger partial charge in [0, 0.05) is 30.9 Å². The Morgan fingerprint density at radius 2 is 1.77 bits per heavy atom. The maximum atomic E-state index is 12.2. The van der Waals surface area contributed by atoms with Crippen LogP contribution < -0.4 is 5.32 Å². The van der Waals surface area contributed by atoms with Gasteiger partial charge in [-0.05, 0) is 37.1 Å². The number of carbonyl (C=O) groups is 2. The number of rotatable bonds is 3. The summed E-state index contributed by atoms with van der Waals surface area (Å²) in [6.45, 7) is 1.33. The van der Waals surface area contributed by atoms with Gasteiger partial charge in [0.2, 0.25) is 0 Å². The molecule has 2 N–H and O–H groups in total. The minimum Gasteiger partial charge on any atom is -0.357 e. The topological polar surface area (TPSA) is 65.2 Å². The molecule has 1 aromatic heterocycles. The number of nitrogens with one attached hydrogen (secondary N) is 2. The molecule has 0 atom stereocenters. The van der Waals surface area contributed by atoms with Gasteiger partial charge in [0.25, 0.3) is 11.8 Å². The molecule has 1 aliphatic heterocycles. The molecular weight excluding hydrogens is 278 g/mol. The summed E-state index contributed by atoms with van der Waals surface area (Å²) >= 11 is 0. The molecule has 2 aromatic rings. The van der Waals surface area contributed by atoms with Crippen LogP contribution in [0.5, 0.6) is 0 Å². The first-order chi connectivity index (χ1) is 10.7. The van der Waals surface area contributed by atoms with Gasteiger partial charge >= 0.3 is 0 Å². The van der Waals surface area contributed by atoms with Crippen LogP contribution in [0, 0.1) is 0 Å². The summed E-state index contributed by atoms with van der Waals surface area (Å²) in [5, 5.41) is 3.04. The van der Waals surface area contributed by atoms with Gasteiger partial charge in [0.15, 0.2) is 0 Å². The number of hydrogen-bond donors (Lipinski definition) is 2. The summed E-state index contributed by atoms with van der Waals surface area (Å²) in [6, 6.07) is 12.9. The van der Waals surface area contributed by atoms with Gasteiger partial charge in [-0.2, -0.15) is 0 Å². The number of hydrogen-bond acceptors (Lipinski definition) is 2. The normalized spacial score (nSPS) is 15.5. The fourth-order valence-electron chi connectivity index (χ4n) is 2.72. The van der Waals surface area contributed by atoms with Crippen LogP contribution >= 0.6 is 0 Å².